The van der Waals surface area contributed by atoms with Gasteiger partial charge in [-0.2, -0.15) is 36.4 Å². The maximum atomic E-state index is 13.2. The summed E-state index contributed by atoms with van der Waals surface area (Å²) >= 11 is 0. The number of nitrogens with one attached hydrogen (secondary N) is 2. The molecule has 0 atom stereocenters. The molecule has 6 rings (SSSR count). The van der Waals surface area contributed by atoms with Crippen LogP contribution in [0, 0.1) is 35.4 Å². The summed E-state index contributed by atoms with van der Waals surface area (Å²) in [7, 11) is 0. The molecule has 0 heterocycles. The van der Waals surface area contributed by atoms with E-state index in [1.54, 1.807) is 12.4 Å². The Morgan fingerprint density at radius 2 is 0.851 bits per heavy atom. The molecule has 0 amide bonds. The number of rotatable bonds is 8. The summed E-state index contributed by atoms with van der Waals surface area (Å²) in [5, 5.41) is 5.51. The Labute approximate surface area is 289 Å². The number of hydrogen-bond donors (Lipinski definition) is 2. The standard InChI is InChI=1S/2C15H12F2N.2C5H5.Ti/c2*16-13-8-9-15(14(17)11-13)18-10-4-7-12-5-2-1-3-6-12;2*1-2-4-5-3-1;/h2*1-6,8-10,18H,7H2;2*1-5H;/q4*-1;+4. The van der Waals surface area contributed by atoms with Gasteiger partial charge in [0.05, 0.1) is 0 Å². The number of halogens is 4. The Hall–Kier alpha value is -4.91. The second kappa shape index (κ2) is 23.4. The minimum atomic E-state index is -0.723. The molecule has 6 aromatic carbocycles. The van der Waals surface area contributed by atoms with E-state index in [0.29, 0.717) is 0 Å². The summed E-state index contributed by atoms with van der Waals surface area (Å²) in [6.07, 6.45) is 8.52. The van der Waals surface area contributed by atoms with Crippen LogP contribution in [0.1, 0.15) is 11.1 Å². The number of allylic oxidation sites excluding steroid dienone is 2. The van der Waals surface area contributed by atoms with Crippen LogP contribution in [0.3, 0.4) is 0 Å². The first-order chi connectivity index (χ1) is 22.5. The number of benzene rings is 4. The molecule has 6 aromatic rings. The summed E-state index contributed by atoms with van der Waals surface area (Å²) in [4.78, 5) is 0. The Morgan fingerprint density at radius 1 is 0.489 bits per heavy atom. The van der Waals surface area contributed by atoms with Crippen LogP contribution < -0.4 is 10.6 Å². The molecule has 0 aliphatic rings. The molecule has 0 aromatic heterocycles. The first-order valence-electron chi connectivity index (χ1n) is 14.5. The van der Waals surface area contributed by atoms with Crippen molar-refractivity contribution in [1.82, 2.24) is 0 Å². The van der Waals surface area contributed by atoms with Gasteiger partial charge in [0.1, 0.15) is 0 Å². The molecule has 0 bridgehead atoms. The maximum absolute atomic E-state index is 13.2. The Kier molecular flexibility index (Phi) is 19.1. The van der Waals surface area contributed by atoms with Gasteiger partial charge < -0.3 is 10.6 Å². The molecule has 0 unspecified atom stereocenters. The van der Waals surface area contributed by atoms with Crippen molar-refractivity contribution in [3.8, 4) is 0 Å². The minimum absolute atomic E-state index is 0. The van der Waals surface area contributed by atoms with Gasteiger partial charge in [-0.3, -0.25) is 0 Å². The molecule has 0 spiro atoms. The average molecular weight is 667 g/mol. The molecule has 0 saturated heterocycles. The monoisotopic (exact) mass is 666 g/mol. The predicted molar refractivity (Wildman–Crippen MR) is 180 cm³/mol. The molecule has 0 fully saturated rings. The Morgan fingerprint density at radius 3 is 1.15 bits per heavy atom. The smallest absolute Gasteiger partial charge is 0.412 e. The predicted octanol–water partition coefficient (Wildman–Crippen LogP) is 10.7. The summed E-state index contributed by atoms with van der Waals surface area (Å²) in [5.74, 6) is -2.85. The Bertz CT molecular complexity index is 1510. The van der Waals surface area contributed by atoms with E-state index < -0.39 is 23.3 Å². The van der Waals surface area contributed by atoms with E-state index >= 15 is 0 Å². The van der Waals surface area contributed by atoms with E-state index in [0.717, 1.165) is 25.0 Å². The maximum Gasteiger partial charge on any atom is 4.00 e. The van der Waals surface area contributed by atoms with E-state index in [-0.39, 0.29) is 33.1 Å². The molecule has 2 N–H and O–H groups in total. The molecule has 0 aliphatic carbocycles. The fourth-order valence-electron chi connectivity index (χ4n) is 3.67. The minimum Gasteiger partial charge on any atom is -0.412 e. The van der Waals surface area contributed by atoms with Gasteiger partial charge in [0.2, 0.25) is 0 Å². The van der Waals surface area contributed by atoms with Crippen LogP contribution in [0.25, 0.3) is 0 Å². The van der Waals surface area contributed by atoms with Crippen LogP contribution in [0.15, 0.2) is 170 Å². The summed E-state index contributed by atoms with van der Waals surface area (Å²) < 4.78 is 51.6. The molecule has 7 heteroatoms. The van der Waals surface area contributed by atoms with Crippen LogP contribution >= 0.6 is 0 Å². The molecule has 0 saturated carbocycles. The van der Waals surface area contributed by atoms with Gasteiger partial charge in [0.25, 0.3) is 0 Å². The van der Waals surface area contributed by atoms with E-state index in [1.165, 1.54) is 23.3 Å². The summed E-state index contributed by atoms with van der Waals surface area (Å²) in [6.45, 7) is 0. The topological polar surface area (TPSA) is 24.1 Å². The molecule has 2 nitrogen and oxygen atoms in total. The van der Waals surface area contributed by atoms with Crippen molar-refractivity contribution < 1.29 is 39.3 Å². The van der Waals surface area contributed by atoms with Crippen LogP contribution in [0.5, 0.6) is 0 Å². The summed E-state index contributed by atoms with van der Waals surface area (Å²) in [6, 6.07) is 48.7. The molecule has 236 valence electrons. The van der Waals surface area contributed by atoms with Crippen molar-refractivity contribution >= 4 is 11.4 Å². The normalized spacial score (nSPS) is 9.96. The van der Waals surface area contributed by atoms with Crippen LogP contribution in [-0.4, -0.2) is 0 Å². The van der Waals surface area contributed by atoms with Crippen LogP contribution in [-0.2, 0) is 34.6 Å². The Balaban J connectivity index is 0.000000248. The largest absolute Gasteiger partial charge is 4.00 e. The van der Waals surface area contributed by atoms with Gasteiger partial charge in [-0.25, -0.2) is 41.8 Å². The van der Waals surface area contributed by atoms with Gasteiger partial charge in [0, 0.05) is 23.3 Å². The van der Waals surface area contributed by atoms with E-state index in [1.807, 2.05) is 146 Å². The van der Waals surface area contributed by atoms with Crippen molar-refractivity contribution in [3.05, 3.63) is 217 Å². The molecular weight excluding hydrogens is 632 g/mol. The van der Waals surface area contributed by atoms with Crippen molar-refractivity contribution in [1.29, 1.82) is 0 Å². The summed E-state index contributed by atoms with van der Waals surface area (Å²) in [5.41, 5.74) is 2.75. The van der Waals surface area contributed by atoms with E-state index in [4.69, 9.17) is 0 Å². The third-order valence-corrected chi connectivity index (χ3v) is 5.94. The zero-order valence-electron chi connectivity index (χ0n) is 25.6. The van der Waals surface area contributed by atoms with Gasteiger partial charge in [0.15, 0.2) is 0 Å². The van der Waals surface area contributed by atoms with Crippen molar-refractivity contribution in [3.63, 3.8) is 0 Å². The average Bonchev–Trinajstić information content (AvgIpc) is 3.85. The second-order valence-corrected chi connectivity index (χ2v) is 9.47. The van der Waals surface area contributed by atoms with Gasteiger partial charge in [-0.05, 0) is 47.7 Å². The van der Waals surface area contributed by atoms with E-state index in [9.17, 15) is 17.6 Å². The van der Waals surface area contributed by atoms with Gasteiger partial charge >= 0.3 is 21.7 Å². The van der Waals surface area contributed by atoms with Crippen LogP contribution in [0.2, 0.25) is 0 Å². The zero-order valence-corrected chi connectivity index (χ0v) is 27.2. The van der Waals surface area contributed by atoms with Crippen molar-refractivity contribution in [2.24, 2.45) is 0 Å². The van der Waals surface area contributed by atoms with Crippen molar-refractivity contribution in [2.45, 2.75) is 12.8 Å². The molecule has 0 aliphatic heterocycles. The quantitative estimate of drug-likeness (QED) is 0.0960. The SMILES string of the molecule is Fc1[c-]c(F)c(NC=CCc2ccccc2)cc1.Fc1[c-]c(F)c(NC=CCc2ccccc2)cc1.[Ti+4].c1cc[cH-]c1.c1cc[cH-]c1. The van der Waals surface area contributed by atoms with Crippen LogP contribution in [0.4, 0.5) is 28.9 Å². The molecular formula is C40H34F4N2Ti. The van der Waals surface area contributed by atoms with E-state index in [2.05, 4.69) is 10.6 Å². The van der Waals surface area contributed by atoms with Crippen molar-refractivity contribution in [2.75, 3.05) is 10.6 Å². The fraction of sp³-hybridized carbons (Fsp3) is 0.0500. The van der Waals surface area contributed by atoms with Gasteiger partial charge in [-0.15, -0.1) is 36.4 Å². The fourth-order valence-corrected chi connectivity index (χ4v) is 3.67. The first kappa shape index (κ1) is 38.3. The number of hydrogen-bond acceptors (Lipinski definition) is 2. The number of anilines is 2. The third-order valence-electron chi connectivity index (χ3n) is 5.94. The zero-order chi connectivity index (χ0) is 32.7. The second-order valence-electron chi connectivity index (χ2n) is 9.47. The molecule has 47 heavy (non-hydrogen) atoms. The molecule has 0 radical (unpaired) electrons. The first-order valence-corrected chi connectivity index (χ1v) is 14.5. The van der Waals surface area contributed by atoms with Gasteiger partial charge in [-0.1, -0.05) is 72.8 Å². The third kappa shape index (κ3) is 16.8.